The lowest BCUT2D eigenvalue weighted by molar-refractivity contribution is -0.121. The molecule has 6 nitrogen and oxygen atoms in total. The van der Waals surface area contributed by atoms with E-state index in [-0.39, 0.29) is 24.4 Å². The van der Waals surface area contributed by atoms with Crippen molar-refractivity contribution in [2.45, 2.75) is 18.9 Å². The van der Waals surface area contributed by atoms with Crippen LogP contribution in [0, 0.1) is 0 Å². The van der Waals surface area contributed by atoms with Gasteiger partial charge in [-0.1, -0.05) is 0 Å². The molecule has 0 atom stereocenters. The Morgan fingerprint density at radius 1 is 1.37 bits per heavy atom. The van der Waals surface area contributed by atoms with Crippen LogP contribution < -0.4 is 16.8 Å². The van der Waals surface area contributed by atoms with Crippen LogP contribution in [0.2, 0.25) is 0 Å². The molecule has 1 aliphatic rings. The lowest BCUT2D eigenvalue weighted by Gasteiger charge is -2.18. The summed E-state index contributed by atoms with van der Waals surface area (Å²) in [6.45, 7) is 0.0269. The fraction of sp³-hybridized carbons (Fsp3) is 0.385. The summed E-state index contributed by atoms with van der Waals surface area (Å²) in [5, 5.41) is 2.83. The summed E-state index contributed by atoms with van der Waals surface area (Å²) in [7, 11) is 1.57. The van der Waals surface area contributed by atoms with Gasteiger partial charge in [-0.25, -0.2) is 0 Å². The highest BCUT2D eigenvalue weighted by Gasteiger charge is 2.24. The molecule has 0 spiro atoms. The Kier molecular flexibility index (Phi) is 3.59. The predicted molar refractivity (Wildman–Crippen MR) is 73.4 cm³/mol. The zero-order valence-corrected chi connectivity index (χ0v) is 10.8. The summed E-state index contributed by atoms with van der Waals surface area (Å²) in [6, 6.07) is 5.01. The highest BCUT2D eigenvalue weighted by atomic mass is 16.2. The highest BCUT2D eigenvalue weighted by molar-refractivity contribution is 6.01. The number of rotatable bonds is 4. The van der Waals surface area contributed by atoms with Crippen molar-refractivity contribution in [3.63, 3.8) is 0 Å². The van der Waals surface area contributed by atoms with Crippen LogP contribution in [-0.4, -0.2) is 36.3 Å². The molecule has 1 saturated carbocycles. The number of likely N-dealkylation sites (N-methyl/N-ethyl adjacent to an activating group) is 1. The Labute approximate surface area is 111 Å². The van der Waals surface area contributed by atoms with Crippen molar-refractivity contribution in [2.75, 3.05) is 25.1 Å². The van der Waals surface area contributed by atoms with E-state index in [1.807, 2.05) is 0 Å². The molecule has 1 aromatic carbocycles. The number of nitrogen functional groups attached to an aromatic ring is 2. The molecule has 0 saturated heterocycles. The predicted octanol–water partition coefficient (Wildman–Crippen LogP) is 0.202. The Bertz CT molecular complexity index is 511. The topological polar surface area (TPSA) is 101 Å². The molecule has 19 heavy (non-hydrogen) atoms. The van der Waals surface area contributed by atoms with Crippen molar-refractivity contribution >= 4 is 23.2 Å². The van der Waals surface area contributed by atoms with Crippen molar-refractivity contribution in [3.8, 4) is 0 Å². The summed E-state index contributed by atoms with van der Waals surface area (Å²) < 4.78 is 0. The van der Waals surface area contributed by atoms with E-state index < -0.39 is 0 Å². The molecule has 0 aliphatic heterocycles. The molecule has 0 bridgehead atoms. The van der Waals surface area contributed by atoms with Crippen LogP contribution in [0.25, 0.3) is 0 Å². The second-order valence-corrected chi connectivity index (χ2v) is 4.85. The number of nitrogens with two attached hydrogens (primary N) is 2. The van der Waals surface area contributed by atoms with Crippen molar-refractivity contribution in [2.24, 2.45) is 0 Å². The van der Waals surface area contributed by atoms with E-state index in [4.69, 9.17) is 11.5 Å². The SMILES string of the molecule is CN(CC(=O)NC1CC1)C(=O)c1ccc(N)cc1N. The highest BCUT2D eigenvalue weighted by Crippen LogP contribution is 2.19. The van der Waals surface area contributed by atoms with Crippen LogP contribution in [0.15, 0.2) is 18.2 Å². The van der Waals surface area contributed by atoms with E-state index in [1.165, 1.54) is 11.0 Å². The van der Waals surface area contributed by atoms with Crippen molar-refractivity contribution in [1.29, 1.82) is 0 Å². The first-order valence-electron chi connectivity index (χ1n) is 6.17. The first-order valence-corrected chi connectivity index (χ1v) is 6.17. The van der Waals surface area contributed by atoms with Gasteiger partial charge < -0.3 is 21.7 Å². The van der Waals surface area contributed by atoms with Gasteiger partial charge in [-0.3, -0.25) is 9.59 Å². The van der Waals surface area contributed by atoms with E-state index >= 15 is 0 Å². The maximum Gasteiger partial charge on any atom is 0.256 e. The van der Waals surface area contributed by atoms with E-state index in [2.05, 4.69) is 5.32 Å². The zero-order valence-electron chi connectivity index (χ0n) is 10.8. The first-order chi connectivity index (χ1) is 8.97. The Morgan fingerprint density at radius 2 is 2.05 bits per heavy atom. The third-order valence-corrected chi connectivity index (χ3v) is 2.98. The maximum absolute atomic E-state index is 12.1. The second-order valence-electron chi connectivity index (χ2n) is 4.85. The molecular formula is C13H18N4O2. The van der Waals surface area contributed by atoms with Crippen LogP contribution in [0.4, 0.5) is 11.4 Å². The van der Waals surface area contributed by atoms with Gasteiger partial charge in [0.15, 0.2) is 0 Å². The average Bonchev–Trinajstić information content (AvgIpc) is 3.11. The quantitative estimate of drug-likeness (QED) is 0.675. The summed E-state index contributed by atoms with van der Waals surface area (Å²) in [6.07, 6.45) is 2.04. The Balaban J connectivity index is 1.99. The largest absolute Gasteiger partial charge is 0.399 e. The van der Waals surface area contributed by atoms with Crippen LogP contribution in [-0.2, 0) is 4.79 Å². The van der Waals surface area contributed by atoms with Gasteiger partial charge in [-0.05, 0) is 31.0 Å². The number of carbonyl (C=O) groups excluding carboxylic acids is 2. The van der Waals surface area contributed by atoms with E-state index in [9.17, 15) is 9.59 Å². The molecule has 0 heterocycles. The zero-order chi connectivity index (χ0) is 14.0. The molecule has 1 aliphatic carbocycles. The number of hydrogen-bond donors (Lipinski definition) is 3. The smallest absolute Gasteiger partial charge is 0.256 e. The molecule has 2 amide bonds. The number of anilines is 2. The van der Waals surface area contributed by atoms with Gasteiger partial charge in [0, 0.05) is 24.5 Å². The van der Waals surface area contributed by atoms with E-state index in [0.29, 0.717) is 16.9 Å². The lowest BCUT2D eigenvalue weighted by atomic mass is 10.1. The molecular weight excluding hydrogens is 244 g/mol. The fourth-order valence-electron chi connectivity index (χ4n) is 1.77. The molecule has 5 N–H and O–H groups in total. The van der Waals surface area contributed by atoms with Crippen molar-refractivity contribution < 1.29 is 9.59 Å². The normalized spacial score (nSPS) is 13.9. The Morgan fingerprint density at radius 3 is 2.63 bits per heavy atom. The molecule has 2 rings (SSSR count). The molecule has 1 aromatic rings. The van der Waals surface area contributed by atoms with Crippen LogP contribution in [0.5, 0.6) is 0 Å². The second kappa shape index (κ2) is 5.17. The molecule has 1 fully saturated rings. The number of hydrogen-bond acceptors (Lipinski definition) is 4. The van der Waals surface area contributed by atoms with Gasteiger partial charge in [-0.2, -0.15) is 0 Å². The number of carbonyl (C=O) groups is 2. The molecule has 102 valence electrons. The average molecular weight is 262 g/mol. The van der Waals surface area contributed by atoms with Crippen LogP contribution in [0.1, 0.15) is 23.2 Å². The van der Waals surface area contributed by atoms with Crippen LogP contribution in [0.3, 0.4) is 0 Å². The van der Waals surface area contributed by atoms with Crippen molar-refractivity contribution in [1.82, 2.24) is 10.2 Å². The van der Waals surface area contributed by atoms with E-state index in [1.54, 1.807) is 19.2 Å². The lowest BCUT2D eigenvalue weighted by Crippen LogP contribution is -2.39. The number of nitrogens with zero attached hydrogens (tertiary/aromatic N) is 1. The summed E-state index contributed by atoms with van der Waals surface area (Å²) in [5.41, 5.74) is 12.5. The maximum atomic E-state index is 12.1. The summed E-state index contributed by atoms with van der Waals surface area (Å²) >= 11 is 0. The van der Waals surface area contributed by atoms with Gasteiger partial charge >= 0.3 is 0 Å². The molecule has 0 unspecified atom stereocenters. The molecule has 6 heteroatoms. The standard InChI is InChI=1S/C13H18N4O2/c1-17(7-12(18)16-9-3-4-9)13(19)10-5-2-8(14)6-11(10)15/h2,5-6,9H,3-4,7,14-15H2,1H3,(H,16,18). The minimum Gasteiger partial charge on any atom is -0.399 e. The fourth-order valence-corrected chi connectivity index (χ4v) is 1.77. The Hall–Kier alpha value is -2.24. The number of benzene rings is 1. The minimum atomic E-state index is -0.288. The van der Waals surface area contributed by atoms with Crippen LogP contribution >= 0.6 is 0 Å². The minimum absolute atomic E-state index is 0.0269. The number of nitrogens with one attached hydrogen (secondary N) is 1. The van der Waals surface area contributed by atoms with E-state index in [0.717, 1.165) is 12.8 Å². The summed E-state index contributed by atoms with van der Waals surface area (Å²) in [5.74, 6) is -0.434. The van der Waals surface area contributed by atoms with Crippen molar-refractivity contribution in [3.05, 3.63) is 23.8 Å². The van der Waals surface area contributed by atoms with Gasteiger partial charge in [0.1, 0.15) is 0 Å². The monoisotopic (exact) mass is 262 g/mol. The van der Waals surface area contributed by atoms with Gasteiger partial charge in [0.05, 0.1) is 12.1 Å². The number of amides is 2. The van der Waals surface area contributed by atoms with Gasteiger partial charge in [0.25, 0.3) is 5.91 Å². The molecule has 0 aromatic heterocycles. The third-order valence-electron chi connectivity index (χ3n) is 2.98. The van der Waals surface area contributed by atoms with Gasteiger partial charge in [-0.15, -0.1) is 0 Å². The third kappa shape index (κ3) is 3.37. The summed E-state index contributed by atoms with van der Waals surface area (Å²) in [4.78, 5) is 25.1. The molecule has 0 radical (unpaired) electrons. The van der Waals surface area contributed by atoms with Gasteiger partial charge in [0.2, 0.25) is 5.91 Å². The first kappa shape index (κ1) is 13.2.